The lowest BCUT2D eigenvalue weighted by molar-refractivity contribution is -0.226. The molecule has 14 heteroatoms. The minimum Gasteiger partial charge on any atom is -0.490 e. The zero-order valence-corrected chi connectivity index (χ0v) is 67.8. The molecule has 0 radical (unpaired) electrons. The highest BCUT2D eigenvalue weighted by Crippen LogP contribution is 3.00. The average molecular weight is 1650 g/mol. The Balaban J connectivity index is 0.664. The molecule has 8 heterocycles. The molecule has 0 saturated heterocycles. The van der Waals surface area contributed by atoms with Gasteiger partial charge in [-0.15, -0.1) is 0 Å². The molecule has 9 aliphatic carbocycles. The Morgan fingerprint density at radius 1 is 0.262 bits per heavy atom. The number of nitrogens with one attached hydrogen (secondary N) is 2. The summed E-state index contributed by atoms with van der Waals surface area (Å²) in [6, 6.07) is 45.5. The predicted octanol–water partition coefficient (Wildman–Crippen LogP) is 24.4. The highest BCUT2D eigenvalue weighted by atomic mass is 16.6. The van der Waals surface area contributed by atoms with Gasteiger partial charge in [0, 0.05) is 44.3 Å². The lowest BCUT2D eigenvalue weighted by Crippen LogP contribution is -2.91. The van der Waals surface area contributed by atoms with Crippen molar-refractivity contribution < 1.29 is 47.6 Å². The predicted molar refractivity (Wildman–Crippen MR) is 509 cm³/mol. The molecule has 16 bridgehead atoms. The summed E-state index contributed by atoms with van der Waals surface area (Å²) in [5, 5.41) is 55.2. The maximum absolute atomic E-state index is 20.3. The van der Waals surface area contributed by atoms with Crippen LogP contribution in [0.25, 0.3) is 349 Å². The molecule has 3 aromatic heterocycles. The zero-order valence-electron chi connectivity index (χ0n) is 67.8. The summed E-state index contributed by atoms with van der Waals surface area (Å²) in [6.07, 6.45) is 8.41. The summed E-state index contributed by atoms with van der Waals surface area (Å²) in [6.45, 7) is -0.962. The Morgan fingerprint density at radius 3 is 0.700 bits per heavy atom. The van der Waals surface area contributed by atoms with Gasteiger partial charge in [0.05, 0.1) is 58.7 Å². The normalized spacial score (nSPS) is 23.5. The van der Waals surface area contributed by atoms with Crippen LogP contribution in [0.4, 0.5) is 0 Å². The van der Waals surface area contributed by atoms with E-state index in [1.807, 2.05) is 42.5 Å². The molecule has 14 nitrogen and oxygen atoms in total. The van der Waals surface area contributed by atoms with Gasteiger partial charge in [-0.1, -0.05) is 84.9 Å². The Hall–Kier alpha value is -16.3. The van der Waals surface area contributed by atoms with Gasteiger partial charge in [-0.05, 0) is 398 Å². The molecule has 4 unspecified atom stereocenters. The van der Waals surface area contributed by atoms with Gasteiger partial charge in [0.1, 0.15) is 37.9 Å². The first-order valence-corrected chi connectivity index (χ1v) is 45.5. The van der Waals surface area contributed by atoms with Crippen molar-refractivity contribution in [2.45, 2.75) is 21.7 Å². The zero-order chi connectivity index (χ0) is 82.3. The number of benzene rings is 20. The van der Waals surface area contributed by atoms with Crippen molar-refractivity contribution in [2.24, 2.45) is 10.8 Å². The number of aromatic amines is 2. The van der Waals surface area contributed by atoms with Crippen LogP contribution in [0.2, 0.25) is 0 Å². The Morgan fingerprint density at radius 2 is 0.469 bits per heavy atom. The summed E-state index contributed by atoms with van der Waals surface area (Å²) >= 11 is 0. The number of ether oxygens (including phenoxy) is 6. The van der Waals surface area contributed by atoms with Gasteiger partial charge in [-0.3, -0.25) is 19.2 Å². The molecule has 4 atom stereocenters. The molecular formula is C116H42N4O10. The molecule has 45 rings (SSSR count). The number of carbonyl (C=O) groups is 4. The van der Waals surface area contributed by atoms with Crippen molar-refractivity contribution >= 4 is 329 Å². The van der Waals surface area contributed by atoms with Crippen LogP contribution >= 0.6 is 0 Å². The minimum absolute atomic E-state index is 0.151. The fourth-order valence-electron chi connectivity index (χ4n) is 36.8. The lowest BCUT2D eigenvalue weighted by atomic mass is 9.17. The molecule has 0 amide bonds. The van der Waals surface area contributed by atoms with Crippen LogP contribution in [-0.4, -0.2) is 84.5 Å². The van der Waals surface area contributed by atoms with Crippen molar-refractivity contribution in [3.63, 3.8) is 0 Å². The first-order valence-electron chi connectivity index (χ1n) is 45.5. The standard InChI is InChI=1S/C116H42N4O10/c1-125-107(121)115-109(123)129-29-27-127-37-17-9-15-35(31-37)49-43-23-19-39(117-43)47(33-11-5-3-6-12-33)41-21-25-45(119-41)50(46-26-22-42(120-46)48(34-13-7-4-8-14-34)40-20-24-44(49)118-40)36-16-10-18-38(32-36)128-28-30-130-110(124)116(108(122)126-2)113-101-89-73-61-53-51-52-54-56-58-64-74-62(54)71-59(51)67-55(53)57-63(73)75-65-69(57)85-83(67)99-87(71)90(74)102-92-76(64)66-70(58)86-84-68(56)60(52)72(61)88(89)100(84)112(113,115)104(86)94-78(66)80-82-81-79(95(91(75)101)105(113)98(82)94)77(65)93-97(81)106(96(80)92)114(102,116)111(99,115)103(85)93/h3-26,31-32,117,120H,27-30H2,1-2H3. The number of H-pyrrole nitrogens is 2. The van der Waals surface area contributed by atoms with Crippen LogP contribution < -0.4 is 9.47 Å². The maximum Gasteiger partial charge on any atom is 0.326 e. The van der Waals surface area contributed by atoms with Crippen molar-refractivity contribution in [3.05, 3.63) is 201 Å². The second kappa shape index (κ2) is 16.3. The lowest BCUT2D eigenvalue weighted by Gasteiger charge is -2.78. The monoisotopic (exact) mass is 1650 g/mol. The molecular weight excluding hydrogens is 1610 g/mol. The maximum atomic E-state index is 20.3. The molecule has 4 spiro atoms. The summed E-state index contributed by atoms with van der Waals surface area (Å²) in [5.41, 5.74) is 6.09. The minimum atomic E-state index is -2.63. The van der Waals surface area contributed by atoms with Crippen molar-refractivity contribution in [2.75, 3.05) is 40.6 Å². The molecule has 586 valence electrons. The van der Waals surface area contributed by atoms with E-state index < -0.39 is 56.4 Å². The third-order valence-corrected chi connectivity index (χ3v) is 38.3. The fraction of sp³-hybridized carbons (Fsp3) is 0.103. The summed E-state index contributed by atoms with van der Waals surface area (Å²) < 4.78 is 45.1. The highest BCUT2D eigenvalue weighted by molar-refractivity contribution is 6.78. The SMILES string of the molecule is COC(=O)C12C(=O)OCCOc3cccc(c3)-c3c4nc(c(-c5ccccc5)c5ccc([nH]5)c(c5nc(c(-c6ccccc6)c6ccc3[nH]6)C=C5)-c3cccc(c3)OCCOC(=O)C3(C(=O)OC)C56c7c8c9c%10c%11c%12c(c%13c%14c5c5c7c7c%15c8c8c%16c%17c%18c%19c%20c%21c%22c%23c%24c%25c(c%16c%15c%15c%25c%16c%24c%24c%22c%22c%25c%21c(c%19c%11c%18c98)c%12c%25c%13c8c%14c9c5c(c7%15)c%16c9c%24c8%22)C%171C%20%233)C%1026)C=C4. The van der Waals surface area contributed by atoms with Gasteiger partial charge in [-0.2, -0.15) is 0 Å². The largest absolute Gasteiger partial charge is 0.490 e. The molecule has 130 heavy (non-hydrogen) atoms. The molecule has 1 saturated carbocycles. The number of hydrogen-bond donors (Lipinski definition) is 2. The van der Waals surface area contributed by atoms with Crippen molar-refractivity contribution in [1.29, 1.82) is 0 Å². The summed E-state index contributed by atoms with van der Waals surface area (Å²) in [4.78, 5) is 99.3. The molecule has 5 aliphatic heterocycles. The molecule has 1 fully saturated rings. The molecule has 31 aromatic rings. The smallest absolute Gasteiger partial charge is 0.326 e. The Kier molecular flexibility index (Phi) is 7.46. The number of aromatic nitrogens is 4. The quantitative estimate of drug-likeness (QED) is 0.0738. The van der Waals surface area contributed by atoms with Gasteiger partial charge in [0.15, 0.2) is 10.8 Å². The van der Waals surface area contributed by atoms with E-state index in [0.29, 0.717) is 22.9 Å². The van der Waals surface area contributed by atoms with E-state index in [1.54, 1.807) is 0 Å². The van der Waals surface area contributed by atoms with E-state index in [-0.39, 0.29) is 26.4 Å². The highest BCUT2D eigenvalue weighted by Gasteiger charge is 3.04. The van der Waals surface area contributed by atoms with Gasteiger partial charge < -0.3 is 38.4 Å². The fourth-order valence-corrected chi connectivity index (χ4v) is 36.8. The van der Waals surface area contributed by atoms with E-state index in [4.69, 9.17) is 38.4 Å². The van der Waals surface area contributed by atoms with E-state index in [2.05, 4.69) is 125 Å². The summed E-state index contributed by atoms with van der Waals surface area (Å²) in [5.74, 6) is -2.02. The van der Waals surface area contributed by atoms with E-state index >= 15 is 19.2 Å². The molecule has 14 aliphatic rings. The molecule has 2 N–H and O–H groups in total. The van der Waals surface area contributed by atoms with Crippen LogP contribution in [0.15, 0.2) is 133 Å². The summed E-state index contributed by atoms with van der Waals surface area (Å²) in [7, 11) is 3.01. The number of esters is 4. The third-order valence-electron chi connectivity index (χ3n) is 38.3. The number of carbonyl (C=O) groups excluding carboxylic acids is 4. The van der Waals surface area contributed by atoms with Crippen LogP contribution in [-0.2, 0) is 59.8 Å². The second-order valence-electron chi connectivity index (χ2n) is 40.7. The number of hydrogen-bond acceptors (Lipinski definition) is 12. The Bertz CT molecular complexity index is 11100. The third kappa shape index (κ3) is 4.25. The van der Waals surface area contributed by atoms with Gasteiger partial charge in [-0.25, -0.2) is 9.97 Å². The van der Waals surface area contributed by atoms with Crippen LogP contribution in [0.5, 0.6) is 11.5 Å². The number of nitrogens with zero attached hydrogens (tertiary/aromatic N) is 2. The first kappa shape index (κ1) is 59.6. The first-order chi connectivity index (χ1) is 64.2. The van der Waals surface area contributed by atoms with E-state index in [0.717, 1.165) is 263 Å². The van der Waals surface area contributed by atoms with Gasteiger partial charge in [0.25, 0.3) is 0 Å². The number of rotatable bonds is 4. The van der Waals surface area contributed by atoms with Crippen molar-refractivity contribution in [1.82, 2.24) is 19.9 Å². The van der Waals surface area contributed by atoms with Crippen LogP contribution in [0.3, 0.4) is 0 Å². The number of methoxy groups -OCH3 is 2. The molecule has 28 aromatic carbocycles. The van der Waals surface area contributed by atoms with Crippen LogP contribution in [0, 0.1) is 10.8 Å². The van der Waals surface area contributed by atoms with Crippen molar-refractivity contribution in [3.8, 4) is 56.0 Å². The van der Waals surface area contributed by atoms with Crippen LogP contribution in [0.1, 0.15) is 67.3 Å². The Labute approximate surface area is 721 Å². The van der Waals surface area contributed by atoms with E-state index in [9.17, 15) is 0 Å². The van der Waals surface area contributed by atoms with Gasteiger partial charge >= 0.3 is 23.9 Å². The van der Waals surface area contributed by atoms with E-state index in [1.165, 1.54) is 133 Å². The topological polar surface area (TPSA) is 181 Å². The van der Waals surface area contributed by atoms with Gasteiger partial charge in [0.2, 0.25) is 0 Å². The second-order valence-corrected chi connectivity index (χ2v) is 40.7. The average Bonchev–Trinajstić information content (AvgIpc) is 1.34.